The van der Waals surface area contributed by atoms with E-state index in [-0.39, 0.29) is 0 Å². The lowest BCUT2D eigenvalue weighted by Gasteiger charge is -2.19. The summed E-state index contributed by atoms with van der Waals surface area (Å²) < 4.78 is 5.18. The van der Waals surface area contributed by atoms with E-state index in [9.17, 15) is 0 Å². The van der Waals surface area contributed by atoms with Gasteiger partial charge in [-0.3, -0.25) is 0 Å². The number of aromatic nitrogens is 2. The number of halogens is 1. The fraction of sp³-hybridized carbons (Fsp3) is 0.636. The van der Waals surface area contributed by atoms with E-state index in [1.165, 1.54) is 0 Å². The molecule has 0 amide bonds. The van der Waals surface area contributed by atoms with Crippen LogP contribution in [0.4, 0.5) is 5.82 Å². The minimum Gasteiger partial charge on any atom is -0.384 e. The third-order valence-corrected chi connectivity index (χ3v) is 3.09. The van der Waals surface area contributed by atoms with Crippen molar-refractivity contribution in [3.63, 3.8) is 0 Å². The van der Waals surface area contributed by atoms with Crippen molar-refractivity contribution in [2.45, 2.75) is 13.3 Å². The summed E-state index contributed by atoms with van der Waals surface area (Å²) in [6.07, 6.45) is 2.92. The maximum atomic E-state index is 5.82. The molecule has 4 nitrogen and oxygen atoms in total. The summed E-state index contributed by atoms with van der Waals surface area (Å²) in [6.45, 7) is 4.83. The molecule has 1 aromatic rings. The number of aryl methyl sites for hydroxylation is 1. The molecule has 1 unspecified atom stereocenters. The molecule has 5 heteroatoms. The Hall–Kier alpha value is -0.870. The number of hydrogen-bond donors (Lipinski definition) is 0. The van der Waals surface area contributed by atoms with Gasteiger partial charge in [-0.05, 0) is 24.9 Å². The average molecular weight is 242 g/mol. The Labute approximate surface area is 101 Å². The minimum absolute atomic E-state index is 0.316. The molecule has 0 bridgehead atoms. The second-order valence-electron chi connectivity index (χ2n) is 4.20. The Morgan fingerprint density at radius 3 is 3.19 bits per heavy atom. The van der Waals surface area contributed by atoms with Crippen LogP contribution >= 0.6 is 11.6 Å². The largest absolute Gasteiger partial charge is 0.384 e. The number of rotatable bonds is 3. The van der Waals surface area contributed by atoms with Gasteiger partial charge in [-0.25, -0.2) is 9.97 Å². The average Bonchev–Trinajstić information content (AvgIpc) is 2.71. The molecule has 1 aliphatic heterocycles. The molecule has 0 radical (unpaired) electrons. The van der Waals surface area contributed by atoms with Crippen LogP contribution in [0.25, 0.3) is 0 Å². The summed E-state index contributed by atoms with van der Waals surface area (Å²) in [5.41, 5.74) is 1.07. The fourth-order valence-electron chi connectivity index (χ4n) is 2.13. The molecule has 1 saturated heterocycles. The van der Waals surface area contributed by atoms with Crippen LogP contribution in [0, 0.1) is 12.8 Å². The molecular weight excluding hydrogens is 226 g/mol. The minimum atomic E-state index is 0.316. The number of ether oxygens (including phenoxy) is 1. The highest BCUT2D eigenvalue weighted by molar-refractivity contribution is 6.28. The first-order chi connectivity index (χ1) is 7.70. The summed E-state index contributed by atoms with van der Waals surface area (Å²) >= 11 is 5.82. The van der Waals surface area contributed by atoms with Gasteiger partial charge in [-0.2, -0.15) is 0 Å². The van der Waals surface area contributed by atoms with Crippen LogP contribution in [-0.2, 0) is 4.74 Å². The highest BCUT2D eigenvalue weighted by Crippen LogP contribution is 2.25. The Morgan fingerprint density at radius 1 is 1.62 bits per heavy atom. The predicted molar refractivity (Wildman–Crippen MR) is 64.0 cm³/mol. The zero-order valence-corrected chi connectivity index (χ0v) is 10.4. The maximum absolute atomic E-state index is 5.82. The summed E-state index contributed by atoms with van der Waals surface area (Å²) in [7, 11) is 1.75. The van der Waals surface area contributed by atoms with E-state index in [0.29, 0.717) is 11.2 Å². The van der Waals surface area contributed by atoms with Crippen molar-refractivity contribution in [2.75, 3.05) is 31.7 Å². The normalized spacial score (nSPS) is 20.4. The number of anilines is 1. The molecule has 2 rings (SSSR count). The Balaban J connectivity index is 2.11. The number of nitrogens with zero attached hydrogens (tertiary/aromatic N) is 3. The van der Waals surface area contributed by atoms with E-state index in [2.05, 4.69) is 14.9 Å². The fourth-order valence-corrected chi connectivity index (χ4v) is 2.26. The van der Waals surface area contributed by atoms with Crippen LogP contribution in [0.5, 0.6) is 0 Å². The first-order valence-electron chi connectivity index (χ1n) is 5.43. The number of methoxy groups -OCH3 is 1. The van der Waals surface area contributed by atoms with Crippen LogP contribution in [0.15, 0.2) is 6.20 Å². The van der Waals surface area contributed by atoms with Gasteiger partial charge >= 0.3 is 0 Å². The topological polar surface area (TPSA) is 38.2 Å². The van der Waals surface area contributed by atoms with Gasteiger partial charge < -0.3 is 9.64 Å². The van der Waals surface area contributed by atoms with E-state index in [1.54, 1.807) is 13.3 Å². The van der Waals surface area contributed by atoms with Gasteiger partial charge in [0, 0.05) is 37.9 Å². The zero-order chi connectivity index (χ0) is 11.5. The van der Waals surface area contributed by atoms with Crippen molar-refractivity contribution >= 4 is 17.4 Å². The highest BCUT2D eigenvalue weighted by Gasteiger charge is 2.24. The lowest BCUT2D eigenvalue weighted by Crippen LogP contribution is -2.23. The van der Waals surface area contributed by atoms with E-state index in [4.69, 9.17) is 16.3 Å². The lowest BCUT2D eigenvalue weighted by molar-refractivity contribution is 0.161. The van der Waals surface area contributed by atoms with Crippen molar-refractivity contribution in [3.8, 4) is 0 Å². The van der Waals surface area contributed by atoms with Crippen molar-refractivity contribution in [2.24, 2.45) is 5.92 Å². The Bertz CT molecular complexity index is 372. The first kappa shape index (κ1) is 11.6. The van der Waals surface area contributed by atoms with Gasteiger partial charge in [0.15, 0.2) is 0 Å². The summed E-state index contributed by atoms with van der Waals surface area (Å²) in [5, 5.41) is 0.316. The monoisotopic (exact) mass is 241 g/mol. The molecule has 16 heavy (non-hydrogen) atoms. The first-order valence-corrected chi connectivity index (χ1v) is 5.81. The van der Waals surface area contributed by atoms with Crippen LogP contribution in [0.2, 0.25) is 5.28 Å². The smallest absolute Gasteiger partial charge is 0.224 e. The van der Waals surface area contributed by atoms with Gasteiger partial charge in [0.05, 0.1) is 6.61 Å². The highest BCUT2D eigenvalue weighted by atomic mass is 35.5. The molecule has 1 fully saturated rings. The Morgan fingerprint density at radius 2 is 2.44 bits per heavy atom. The van der Waals surface area contributed by atoms with E-state index < -0.39 is 0 Å². The van der Waals surface area contributed by atoms with Crippen LogP contribution in [0.1, 0.15) is 12.0 Å². The molecule has 2 heterocycles. The van der Waals surface area contributed by atoms with Crippen LogP contribution in [0.3, 0.4) is 0 Å². The molecule has 0 saturated carbocycles. The predicted octanol–water partition coefficient (Wildman–Crippen LogP) is 1.91. The van der Waals surface area contributed by atoms with E-state index in [0.717, 1.165) is 37.5 Å². The molecule has 0 spiro atoms. The van der Waals surface area contributed by atoms with E-state index >= 15 is 0 Å². The molecule has 1 aliphatic rings. The van der Waals surface area contributed by atoms with Crippen LogP contribution < -0.4 is 4.90 Å². The van der Waals surface area contributed by atoms with Crippen molar-refractivity contribution in [1.82, 2.24) is 9.97 Å². The molecule has 88 valence electrons. The summed E-state index contributed by atoms with van der Waals surface area (Å²) in [5.74, 6) is 1.55. The van der Waals surface area contributed by atoms with Gasteiger partial charge in [0.2, 0.25) is 5.28 Å². The van der Waals surface area contributed by atoms with Gasteiger partial charge in [0.1, 0.15) is 5.82 Å². The second kappa shape index (κ2) is 4.97. The maximum Gasteiger partial charge on any atom is 0.224 e. The number of hydrogen-bond acceptors (Lipinski definition) is 4. The standard InChI is InChI=1S/C11H16ClN3O/c1-8-5-13-11(12)14-10(8)15-4-3-9(6-15)7-16-2/h5,9H,3-4,6-7H2,1-2H3. The van der Waals surface area contributed by atoms with Crippen molar-refractivity contribution < 1.29 is 4.74 Å². The second-order valence-corrected chi connectivity index (χ2v) is 4.54. The molecule has 1 aromatic heterocycles. The lowest BCUT2D eigenvalue weighted by atomic mass is 10.1. The molecule has 0 aromatic carbocycles. The quantitative estimate of drug-likeness (QED) is 0.758. The zero-order valence-electron chi connectivity index (χ0n) is 9.61. The molecular formula is C11H16ClN3O. The van der Waals surface area contributed by atoms with Crippen molar-refractivity contribution in [3.05, 3.63) is 17.0 Å². The molecule has 0 N–H and O–H groups in total. The Kier molecular flexibility index (Phi) is 3.61. The molecule has 1 atom stereocenters. The van der Waals surface area contributed by atoms with Gasteiger partial charge in [-0.15, -0.1) is 0 Å². The van der Waals surface area contributed by atoms with Gasteiger partial charge in [0.25, 0.3) is 0 Å². The van der Waals surface area contributed by atoms with Gasteiger partial charge in [-0.1, -0.05) is 0 Å². The summed E-state index contributed by atoms with van der Waals surface area (Å²) in [4.78, 5) is 10.5. The summed E-state index contributed by atoms with van der Waals surface area (Å²) in [6, 6.07) is 0. The van der Waals surface area contributed by atoms with Crippen molar-refractivity contribution in [1.29, 1.82) is 0 Å². The van der Waals surface area contributed by atoms with Crippen LogP contribution in [-0.4, -0.2) is 36.8 Å². The van der Waals surface area contributed by atoms with E-state index in [1.807, 2.05) is 6.92 Å². The molecule has 0 aliphatic carbocycles. The third-order valence-electron chi connectivity index (χ3n) is 2.90. The third kappa shape index (κ3) is 2.44. The SMILES string of the molecule is COCC1CCN(c2nc(Cl)ncc2C)C1.